The molecule has 1 aromatic rings. The second-order valence-electron chi connectivity index (χ2n) is 4.28. The monoisotopic (exact) mass is 237 g/mol. The largest absolute Gasteiger partial charge is 0.481 e. The Balaban J connectivity index is 1.87. The standard InChI is InChI=1S/C11H15N3O3/c15-10(16)7-9-1-4-13(5-2-9)11(17)14-6-3-12-8-14/h3,6,8-9H,1-2,4-5,7H2,(H,15,16). The molecule has 1 fully saturated rings. The maximum absolute atomic E-state index is 11.9. The third-order valence-electron chi connectivity index (χ3n) is 3.07. The molecule has 0 aromatic carbocycles. The summed E-state index contributed by atoms with van der Waals surface area (Å²) in [5.74, 6) is -0.566. The number of carboxylic acids is 1. The Morgan fingerprint density at radius 1 is 1.35 bits per heavy atom. The van der Waals surface area contributed by atoms with Gasteiger partial charge in [0.2, 0.25) is 0 Å². The van der Waals surface area contributed by atoms with Crippen LogP contribution in [0.25, 0.3) is 0 Å². The lowest BCUT2D eigenvalue weighted by molar-refractivity contribution is -0.138. The van der Waals surface area contributed by atoms with Crippen LogP contribution in [-0.4, -0.2) is 44.6 Å². The molecule has 0 aliphatic carbocycles. The van der Waals surface area contributed by atoms with Crippen LogP contribution in [0.4, 0.5) is 4.79 Å². The van der Waals surface area contributed by atoms with Crippen LogP contribution in [0.2, 0.25) is 0 Å². The number of amides is 1. The highest BCUT2D eigenvalue weighted by molar-refractivity contribution is 5.76. The van der Waals surface area contributed by atoms with Crippen LogP contribution in [0.1, 0.15) is 19.3 Å². The molecule has 0 saturated carbocycles. The van der Waals surface area contributed by atoms with Gasteiger partial charge in [-0.05, 0) is 18.8 Å². The molecular weight excluding hydrogens is 222 g/mol. The number of aromatic nitrogens is 2. The summed E-state index contributed by atoms with van der Waals surface area (Å²) in [6, 6.07) is -0.0868. The van der Waals surface area contributed by atoms with E-state index < -0.39 is 5.97 Å². The predicted octanol–water partition coefficient (Wildman–Crippen LogP) is 1.04. The summed E-state index contributed by atoms with van der Waals surface area (Å²) in [5, 5.41) is 8.70. The van der Waals surface area contributed by atoms with Crippen LogP contribution in [0.3, 0.4) is 0 Å². The number of carboxylic acid groups (broad SMARTS) is 1. The lowest BCUT2D eigenvalue weighted by Crippen LogP contribution is -2.40. The second kappa shape index (κ2) is 4.99. The molecule has 92 valence electrons. The summed E-state index contributed by atoms with van der Waals surface area (Å²) < 4.78 is 1.44. The summed E-state index contributed by atoms with van der Waals surface area (Å²) in [6.07, 6.45) is 6.37. The smallest absolute Gasteiger partial charge is 0.329 e. The van der Waals surface area contributed by atoms with Crippen molar-refractivity contribution in [1.82, 2.24) is 14.5 Å². The van der Waals surface area contributed by atoms with Crippen molar-refractivity contribution in [2.75, 3.05) is 13.1 Å². The van der Waals surface area contributed by atoms with Gasteiger partial charge in [0.05, 0.1) is 0 Å². The third kappa shape index (κ3) is 2.83. The van der Waals surface area contributed by atoms with Crippen molar-refractivity contribution in [3.63, 3.8) is 0 Å². The van der Waals surface area contributed by atoms with Crippen molar-refractivity contribution in [3.05, 3.63) is 18.7 Å². The lowest BCUT2D eigenvalue weighted by atomic mass is 9.94. The average Bonchev–Trinajstić information content (AvgIpc) is 2.82. The topological polar surface area (TPSA) is 75.4 Å². The Morgan fingerprint density at radius 2 is 2.06 bits per heavy atom. The van der Waals surface area contributed by atoms with Gasteiger partial charge in [0, 0.05) is 31.9 Å². The predicted molar refractivity (Wildman–Crippen MR) is 59.6 cm³/mol. The Hall–Kier alpha value is -1.85. The number of aliphatic carboxylic acids is 1. The molecule has 1 aliphatic heterocycles. The first-order valence-electron chi connectivity index (χ1n) is 5.66. The number of imidazole rings is 1. The van der Waals surface area contributed by atoms with Crippen LogP contribution in [0.15, 0.2) is 18.7 Å². The molecule has 0 bridgehead atoms. The van der Waals surface area contributed by atoms with Crippen molar-refractivity contribution in [2.24, 2.45) is 5.92 Å². The molecule has 1 amide bonds. The van der Waals surface area contributed by atoms with Gasteiger partial charge < -0.3 is 10.0 Å². The zero-order chi connectivity index (χ0) is 12.3. The molecular formula is C11H15N3O3. The fraction of sp³-hybridized carbons (Fsp3) is 0.545. The Kier molecular flexibility index (Phi) is 3.41. The van der Waals surface area contributed by atoms with Crippen molar-refractivity contribution in [3.8, 4) is 0 Å². The molecule has 1 aliphatic rings. The molecule has 1 saturated heterocycles. The van der Waals surface area contributed by atoms with Crippen LogP contribution in [0.5, 0.6) is 0 Å². The van der Waals surface area contributed by atoms with Gasteiger partial charge in [-0.1, -0.05) is 0 Å². The van der Waals surface area contributed by atoms with Crippen LogP contribution < -0.4 is 0 Å². The summed E-state index contributed by atoms with van der Waals surface area (Å²) in [5.41, 5.74) is 0. The van der Waals surface area contributed by atoms with Gasteiger partial charge >= 0.3 is 12.0 Å². The van der Waals surface area contributed by atoms with E-state index in [9.17, 15) is 9.59 Å². The van der Waals surface area contributed by atoms with Gasteiger partial charge in [-0.15, -0.1) is 0 Å². The molecule has 2 heterocycles. The highest BCUT2D eigenvalue weighted by Crippen LogP contribution is 2.20. The molecule has 1 aromatic heterocycles. The van der Waals surface area contributed by atoms with Gasteiger partial charge in [-0.25, -0.2) is 9.78 Å². The lowest BCUT2D eigenvalue weighted by Gasteiger charge is -2.31. The highest BCUT2D eigenvalue weighted by Gasteiger charge is 2.24. The Labute approximate surface area is 98.9 Å². The van der Waals surface area contributed by atoms with Gasteiger partial charge in [0.25, 0.3) is 0 Å². The first-order chi connectivity index (χ1) is 8.16. The molecule has 0 spiro atoms. The molecule has 0 radical (unpaired) electrons. The Morgan fingerprint density at radius 3 is 2.59 bits per heavy atom. The molecule has 2 rings (SSSR count). The SMILES string of the molecule is O=C(O)CC1CCN(C(=O)n2ccnc2)CC1. The van der Waals surface area contributed by atoms with Crippen molar-refractivity contribution < 1.29 is 14.7 Å². The van der Waals surface area contributed by atoms with E-state index in [2.05, 4.69) is 4.98 Å². The minimum atomic E-state index is -0.760. The van der Waals surface area contributed by atoms with Gasteiger partial charge in [0.15, 0.2) is 0 Å². The number of piperidine rings is 1. The number of rotatable bonds is 2. The van der Waals surface area contributed by atoms with Crippen LogP contribution >= 0.6 is 0 Å². The van der Waals surface area contributed by atoms with E-state index in [1.165, 1.54) is 10.9 Å². The van der Waals surface area contributed by atoms with E-state index in [-0.39, 0.29) is 18.4 Å². The normalized spacial score (nSPS) is 17.1. The van der Waals surface area contributed by atoms with Crippen molar-refractivity contribution in [2.45, 2.75) is 19.3 Å². The molecule has 0 unspecified atom stereocenters. The van der Waals surface area contributed by atoms with Gasteiger partial charge in [-0.2, -0.15) is 0 Å². The molecule has 1 N–H and O–H groups in total. The van der Waals surface area contributed by atoms with E-state index in [1.807, 2.05) is 0 Å². The highest BCUT2D eigenvalue weighted by atomic mass is 16.4. The number of carbonyl (C=O) groups is 2. The van der Waals surface area contributed by atoms with Crippen LogP contribution in [-0.2, 0) is 4.79 Å². The zero-order valence-corrected chi connectivity index (χ0v) is 9.45. The molecule has 6 heteroatoms. The van der Waals surface area contributed by atoms with E-state index in [4.69, 9.17) is 5.11 Å². The number of hydrogen-bond acceptors (Lipinski definition) is 3. The van der Waals surface area contributed by atoms with E-state index >= 15 is 0 Å². The van der Waals surface area contributed by atoms with E-state index in [0.29, 0.717) is 13.1 Å². The number of likely N-dealkylation sites (tertiary alicyclic amines) is 1. The molecule has 6 nitrogen and oxygen atoms in total. The minimum Gasteiger partial charge on any atom is -0.481 e. The van der Waals surface area contributed by atoms with Gasteiger partial charge in [0.1, 0.15) is 6.33 Å². The quantitative estimate of drug-likeness (QED) is 0.833. The van der Waals surface area contributed by atoms with Crippen LogP contribution in [0, 0.1) is 5.92 Å². The fourth-order valence-corrected chi connectivity index (χ4v) is 2.11. The first-order valence-corrected chi connectivity index (χ1v) is 5.66. The van der Waals surface area contributed by atoms with E-state index in [1.54, 1.807) is 17.3 Å². The number of nitrogens with zero attached hydrogens (tertiary/aromatic N) is 3. The summed E-state index contributed by atoms with van der Waals surface area (Å²) in [6.45, 7) is 1.24. The Bertz CT molecular complexity index is 394. The molecule has 0 atom stereocenters. The summed E-state index contributed by atoms with van der Waals surface area (Å²) in [7, 11) is 0. The van der Waals surface area contributed by atoms with E-state index in [0.717, 1.165) is 12.8 Å². The third-order valence-corrected chi connectivity index (χ3v) is 3.07. The maximum atomic E-state index is 11.9. The number of carbonyl (C=O) groups excluding carboxylic acids is 1. The van der Waals surface area contributed by atoms with Gasteiger partial charge in [-0.3, -0.25) is 9.36 Å². The van der Waals surface area contributed by atoms with Crippen molar-refractivity contribution in [1.29, 1.82) is 0 Å². The fourth-order valence-electron chi connectivity index (χ4n) is 2.11. The zero-order valence-electron chi connectivity index (χ0n) is 9.45. The van der Waals surface area contributed by atoms with Crippen molar-refractivity contribution >= 4 is 12.0 Å². The maximum Gasteiger partial charge on any atom is 0.329 e. The number of hydrogen-bond donors (Lipinski definition) is 1. The second-order valence-corrected chi connectivity index (χ2v) is 4.28. The summed E-state index contributed by atoms with van der Waals surface area (Å²) in [4.78, 5) is 28.1. The molecule has 17 heavy (non-hydrogen) atoms. The average molecular weight is 237 g/mol. The first kappa shape index (κ1) is 11.6. The summed E-state index contributed by atoms with van der Waals surface area (Å²) >= 11 is 0. The minimum absolute atomic E-state index is 0.0868.